The maximum absolute atomic E-state index is 11.9. The summed E-state index contributed by atoms with van der Waals surface area (Å²) in [6.45, 7) is 1.94. The molecular weight excluding hydrogens is 207 g/mol. The van der Waals surface area contributed by atoms with Gasteiger partial charge in [-0.2, -0.15) is 0 Å². The number of rotatable bonds is 2. The summed E-state index contributed by atoms with van der Waals surface area (Å²) in [4.78, 5) is 11.9. The molecule has 0 saturated carbocycles. The third-order valence-electron chi connectivity index (χ3n) is 2.88. The van der Waals surface area contributed by atoms with Crippen LogP contribution in [-0.4, -0.2) is 23.7 Å². The second-order valence-electron chi connectivity index (χ2n) is 4.15. The predicted molar refractivity (Wildman–Crippen MR) is 64.0 cm³/mol. The summed E-state index contributed by atoms with van der Waals surface area (Å²) in [6.07, 6.45) is 9.00. The number of piperidine rings is 1. The van der Waals surface area contributed by atoms with Crippen LogP contribution < -0.4 is 5.32 Å². The molecule has 3 nitrogen and oxygen atoms in total. The fraction of sp³-hybridized carbons (Fsp3) is 0.545. The van der Waals surface area contributed by atoms with Crippen LogP contribution in [-0.2, 0) is 4.79 Å². The minimum atomic E-state index is 0.151. The van der Waals surface area contributed by atoms with Crippen molar-refractivity contribution in [1.82, 2.24) is 9.99 Å². The van der Waals surface area contributed by atoms with Gasteiger partial charge >= 0.3 is 0 Å². The van der Waals surface area contributed by atoms with Crippen LogP contribution in [0.25, 0.3) is 0 Å². The minimum absolute atomic E-state index is 0.151. The largest absolute Gasteiger partial charge is 0.329 e. The lowest BCUT2D eigenvalue weighted by Crippen LogP contribution is -2.38. The molecule has 0 spiro atoms. The second-order valence-corrected chi connectivity index (χ2v) is 4.88. The van der Waals surface area contributed by atoms with Gasteiger partial charge in [-0.05, 0) is 18.9 Å². The number of hydrogen-bond acceptors (Lipinski definition) is 2. The highest BCUT2D eigenvalue weighted by atomic mass is 31.0. The maximum Gasteiger partial charge on any atom is 0.228 e. The molecule has 1 amide bonds. The fourth-order valence-corrected chi connectivity index (χ4v) is 2.46. The highest BCUT2D eigenvalue weighted by Gasteiger charge is 2.24. The lowest BCUT2D eigenvalue weighted by molar-refractivity contribution is -0.125. The Morgan fingerprint density at radius 3 is 3.13 bits per heavy atom. The first-order valence-corrected chi connectivity index (χ1v) is 5.93. The molecule has 1 heterocycles. The van der Waals surface area contributed by atoms with E-state index in [1.165, 1.54) is 0 Å². The van der Waals surface area contributed by atoms with Crippen LogP contribution >= 0.6 is 9.39 Å². The molecule has 0 bridgehead atoms. The zero-order valence-corrected chi connectivity index (χ0v) is 9.93. The van der Waals surface area contributed by atoms with E-state index < -0.39 is 0 Å². The van der Waals surface area contributed by atoms with Gasteiger partial charge in [-0.25, -0.2) is 0 Å². The van der Waals surface area contributed by atoms with E-state index >= 15 is 0 Å². The van der Waals surface area contributed by atoms with Gasteiger partial charge in [-0.1, -0.05) is 21.5 Å². The Balaban J connectivity index is 1.84. The van der Waals surface area contributed by atoms with Gasteiger partial charge in [-0.3, -0.25) is 9.46 Å². The number of allylic oxidation sites excluding steroid dienone is 3. The van der Waals surface area contributed by atoms with Crippen molar-refractivity contribution in [1.29, 1.82) is 0 Å². The number of hydrogen-bond donors (Lipinski definition) is 1. The van der Waals surface area contributed by atoms with Gasteiger partial charge in [0.1, 0.15) is 0 Å². The van der Waals surface area contributed by atoms with E-state index in [4.69, 9.17) is 0 Å². The summed E-state index contributed by atoms with van der Waals surface area (Å²) in [5.74, 6) is 0.329. The van der Waals surface area contributed by atoms with E-state index in [0.717, 1.165) is 38.0 Å². The van der Waals surface area contributed by atoms with Crippen LogP contribution in [0.3, 0.4) is 0 Å². The van der Waals surface area contributed by atoms with Crippen LogP contribution in [0.1, 0.15) is 19.3 Å². The van der Waals surface area contributed by atoms with Crippen LogP contribution in [0.15, 0.2) is 23.9 Å². The van der Waals surface area contributed by atoms with E-state index in [1.54, 1.807) is 0 Å². The molecule has 0 radical (unpaired) electrons. The molecular formula is C11H17N2OP. The number of carbonyl (C=O) groups excluding carboxylic acids is 1. The van der Waals surface area contributed by atoms with Crippen molar-refractivity contribution in [2.24, 2.45) is 5.92 Å². The number of nitrogens with one attached hydrogen (secondary N) is 1. The molecule has 2 rings (SSSR count). The third-order valence-corrected chi connectivity index (χ3v) is 3.35. The Hall–Kier alpha value is -0.660. The van der Waals surface area contributed by atoms with Crippen LogP contribution in [0.4, 0.5) is 0 Å². The number of carbonyl (C=O) groups is 1. The normalized spacial score (nSPS) is 26.5. The molecule has 2 atom stereocenters. The summed E-state index contributed by atoms with van der Waals surface area (Å²) in [7, 11) is 2.68. The molecule has 0 aromatic carbocycles. The first-order chi connectivity index (χ1) is 7.25. The van der Waals surface area contributed by atoms with E-state index in [2.05, 4.69) is 25.5 Å². The van der Waals surface area contributed by atoms with E-state index in [-0.39, 0.29) is 11.8 Å². The highest BCUT2D eigenvalue weighted by Crippen LogP contribution is 2.20. The third kappa shape index (κ3) is 2.90. The molecule has 0 aromatic rings. The molecule has 1 aliphatic heterocycles. The van der Waals surface area contributed by atoms with E-state index in [0.29, 0.717) is 0 Å². The van der Waals surface area contributed by atoms with Crippen molar-refractivity contribution < 1.29 is 4.79 Å². The maximum atomic E-state index is 11.9. The average Bonchev–Trinajstić information content (AvgIpc) is 2.70. The first kappa shape index (κ1) is 10.8. The lowest BCUT2D eigenvalue weighted by atomic mass is 9.98. The predicted octanol–water partition coefficient (Wildman–Crippen LogP) is 1.45. The van der Waals surface area contributed by atoms with Crippen LogP contribution in [0, 0.1) is 5.92 Å². The number of amides is 1. The van der Waals surface area contributed by atoms with E-state index in [1.807, 2.05) is 12.2 Å². The van der Waals surface area contributed by atoms with Gasteiger partial charge in [-0.15, -0.1) is 0 Å². The van der Waals surface area contributed by atoms with Crippen molar-refractivity contribution in [3.63, 3.8) is 0 Å². The molecule has 82 valence electrons. The first-order valence-electron chi connectivity index (χ1n) is 5.42. The molecule has 1 N–H and O–H groups in total. The topological polar surface area (TPSA) is 32.3 Å². The van der Waals surface area contributed by atoms with Gasteiger partial charge in [0.2, 0.25) is 5.91 Å². The Morgan fingerprint density at radius 2 is 2.47 bits per heavy atom. The lowest BCUT2D eigenvalue weighted by Gasteiger charge is -2.28. The smallest absolute Gasteiger partial charge is 0.228 e. The van der Waals surface area contributed by atoms with Crippen LogP contribution in [0.2, 0.25) is 0 Å². The molecule has 2 aliphatic rings. The fourth-order valence-electron chi connectivity index (χ4n) is 2.02. The Bertz CT molecular complexity index is 312. The summed E-state index contributed by atoms with van der Waals surface area (Å²) >= 11 is 0. The monoisotopic (exact) mass is 224 g/mol. The summed E-state index contributed by atoms with van der Waals surface area (Å²) in [6, 6.07) is 0. The van der Waals surface area contributed by atoms with Gasteiger partial charge in [0.25, 0.3) is 0 Å². The molecule has 0 aromatic heterocycles. The summed E-state index contributed by atoms with van der Waals surface area (Å²) in [5, 5.41) is 2.99. The molecule has 1 fully saturated rings. The zero-order valence-electron chi connectivity index (χ0n) is 8.78. The average molecular weight is 224 g/mol. The Kier molecular flexibility index (Phi) is 3.55. The molecule has 1 saturated heterocycles. The zero-order chi connectivity index (χ0) is 10.7. The molecule has 4 heteroatoms. The van der Waals surface area contributed by atoms with Crippen molar-refractivity contribution in [3.8, 4) is 0 Å². The minimum Gasteiger partial charge on any atom is -0.329 e. The highest BCUT2D eigenvalue weighted by molar-refractivity contribution is 7.13. The molecule has 1 aliphatic carbocycles. The second kappa shape index (κ2) is 4.91. The Labute approximate surface area is 92.9 Å². The van der Waals surface area contributed by atoms with E-state index in [9.17, 15) is 4.79 Å². The van der Waals surface area contributed by atoms with Crippen LogP contribution in [0.5, 0.6) is 0 Å². The van der Waals surface area contributed by atoms with Crippen molar-refractivity contribution in [3.05, 3.63) is 23.9 Å². The van der Waals surface area contributed by atoms with Gasteiger partial charge in [0, 0.05) is 25.2 Å². The standard InChI is InChI=1S/C11H17N2OP/c14-11(12-10-5-1-2-6-10)9-4-3-7-13(15)8-9/h1-2,5,9H,3-4,6-8,15H2,(H,12,14). The molecule has 15 heavy (non-hydrogen) atoms. The van der Waals surface area contributed by atoms with Gasteiger partial charge < -0.3 is 5.32 Å². The van der Waals surface area contributed by atoms with Gasteiger partial charge in [0.15, 0.2) is 0 Å². The number of nitrogens with zero attached hydrogens (tertiary/aromatic N) is 1. The van der Waals surface area contributed by atoms with Crippen molar-refractivity contribution in [2.75, 3.05) is 13.1 Å². The summed E-state index contributed by atoms with van der Waals surface area (Å²) in [5.41, 5.74) is 1.03. The van der Waals surface area contributed by atoms with Crippen molar-refractivity contribution >= 4 is 15.3 Å². The van der Waals surface area contributed by atoms with Crippen molar-refractivity contribution in [2.45, 2.75) is 19.3 Å². The summed E-state index contributed by atoms with van der Waals surface area (Å²) < 4.78 is 2.15. The quantitative estimate of drug-likeness (QED) is 0.720. The molecule has 2 unspecified atom stereocenters. The Morgan fingerprint density at radius 1 is 1.60 bits per heavy atom. The van der Waals surface area contributed by atoms with Gasteiger partial charge in [0.05, 0.1) is 5.92 Å². The SMILES string of the molecule is O=C(NC1=CC=CC1)C1CCCN(P)C1.